The van der Waals surface area contributed by atoms with E-state index < -0.39 is 0 Å². The maximum atomic E-state index is 10.2. The van der Waals surface area contributed by atoms with Crippen molar-refractivity contribution in [2.24, 2.45) is 0 Å². The van der Waals surface area contributed by atoms with Crippen LogP contribution in [0.2, 0.25) is 0 Å². The third-order valence-electron chi connectivity index (χ3n) is 2.11. The number of carbonyl (C=O) groups excluding carboxylic acids is 1. The summed E-state index contributed by atoms with van der Waals surface area (Å²) >= 11 is 0. The Morgan fingerprint density at radius 2 is 2.29 bits per heavy atom. The number of carbonyl (C=O) groups is 1. The lowest BCUT2D eigenvalue weighted by Crippen LogP contribution is -2.36. The molecule has 1 aliphatic rings. The van der Waals surface area contributed by atoms with Gasteiger partial charge in [-0.1, -0.05) is 0 Å². The van der Waals surface area contributed by atoms with Crippen LogP contribution in [0.5, 0.6) is 0 Å². The topological polar surface area (TPSA) is 55.6 Å². The summed E-state index contributed by atoms with van der Waals surface area (Å²) in [6.07, 6.45) is 2.69. The van der Waals surface area contributed by atoms with Crippen LogP contribution in [0.4, 0.5) is 6.01 Å². The molecular formula is C9H12N2O3. The molecule has 0 aliphatic carbocycles. The van der Waals surface area contributed by atoms with E-state index in [0.29, 0.717) is 25.0 Å². The average Bonchev–Trinajstić information content (AvgIpc) is 2.68. The molecule has 0 N–H and O–H groups in total. The number of oxazole rings is 1. The van der Waals surface area contributed by atoms with E-state index in [9.17, 15) is 4.79 Å². The number of rotatable bonds is 3. The summed E-state index contributed by atoms with van der Waals surface area (Å²) in [5.74, 6) is 0.612. The molecule has 0 spiro atoms. The highest BCUT2D eigenvalue weighted by atomic mass is 16.5. The first-order valence-corrected chi connectivity index (χ1v) is 4.61. The summed E-state index contributed by atoms with van der Waals surface area (Å²) in [7, 11) is 0. The number of nitrogens with zero attached hydrogens (tertiary/aromatic N) is 2. The Morgan fingerprint density at radius 1 is 1.50 bits per heavy atom. The van der Waals surface area contributed by atoms with Gasteiger partial charge in [-0.25, -0.2) is 4.98 Å². The molecule has 1 aliphatic heterocycles. The van der Waals surface area contributed by atoms with Crippen molar-refractivity contribution >= 4 is 12.3 Å². The summed E-state index contributed by atoms with van der Waals surface area (Å²) in [5, 5.41) is 0. The van der Waals surface area contributed by atoms with Crippen LogP contribution in [-0.2, 0) is 16.0 Å². The van der Waals surface area contributed by atoms with Gasteiger partial charge in [0.25, 0.3) is 6.01 Å². The lowest BCUT2D eigenvalue weighted by molar-refractivity contribution is -0.107. The van der Waals surface area contributed by atoms with Crippen molar-refractivity contribution in [3.8, 4) is 0 Å². The minimum absolute atomic E-state index is 0.289. The quantitative estimate of drug-likeness (QED) is 0.649. The zero-order valence-corrected chi connectivity index (χ0v) is 7.81. The zero-order valence-electron chi connectivity index (χ0n) is 7.81. The van der Waals surface area contributed by atoms with E-state index in [1.165, 1.54) is 0 Å². The second kappa shape index (κ2) is 4.23. The molecule has 2 rings (SSSR count). The fourth-order valence-corrected chi connectivity index (χ4v) is 1.37. The molecule has 0 unspecified atom stereocenters. The molecule has 1 aromatic heterocycles. The van der Waals surface area contributed by atoms with E-state index in [1.54, 1.807) is 6.20 Å². The third kappa shape index (κ3) is 1.93. The standard InChI is InChI=1S/C9H12N2O3/c12-4-1-8-7-10-9(14-8)11-2-5-13-6-3-11/h4,7H,1-3,5-6H2. The summed E-state index contributed by atoms with van der Waals surface area (Å²) in [5.41, 5.74) is 0. The molecule has 0 saturated carbocycles. The number of hydrogen-bond acceptors (Lipinski definition) is 5. The van der Waals surface area contributed by atoms with Crippen molar-refractivity contribution in [3.05, 3.63) is 12.0 Å². The van der Waals surface area contributed by atoms with E-state index >= 15 is 0 Å². The van der Waals surface area contributed by atoms with Crippen molar-refractivity contribution in [1.29, 1.82) is 0 Å². The number of ether oxygens (including phenoxy) is 1. The smallest absolute Gasteiger partial charge is 0.297 e. The van der Waals surface area contributed by atoms with Crippen LogP contribution >= 0.6 is 0 Å². The average molecular weight is 196 g/mol. The van der Waals surface area contributed by atoms with Gasteiger partial charge in [-0.15, -0.1) is 0 Å². The van der Waals surface area contributed by atoms with E-state index in [-0.39, 0.29) is 6.42 Å². The molecule has 2 heterocycles. The van der Waals surface area contributed by atoms with E-state index in [1.807, 2.05) is 4.90 Å². The van der Waals surface area contributed by atoms with Crippen molar-refractivity contribution < 1.29 is 13.9 Å². The molecule has 14 heavy (non-hydrogen) atoms. The van der Waals surface area contributed by atoms with Gasteiger partial charge >= 0.3 is 0 Å². The maximum absolute atomic E-state index is 10.2. The minimum Gasteiger partial charge on any atom is -0.428 e. The van der Waals surface area contributed by atoms with Gasteiger partial charge in [-0.2, -0.15) is 0 Å². The Labute approximate surface area is 81.7 Å². The lowest BCUT2D eigenvalue weighted by atomic mass is 10.4. The van der Waals surface area contributed by atoms with Crippen LogP contribution in [0.15, 0.2) is 10.6 Å². The first-order chi connectivity index (χ1) is 6.90. The van der Waals surface area contributed by atoms with Crippen molar-refractivity contribution in [1.82, 2.24) is 4.98 Å². The van der Waals surface area contributed by atoms with Gasteiger partial charge in [0.2, 0.25) is 0 Å². The number of aromatic nitrogens is 1. The van der Waals surface area contributed by atoms with Crippen molar-refractivity contribution in [2.45, 2.75) is 6.42 Å². The first kappa shape index (κ1) is 9.21. The van der Waals surface area contributed by atoms with Crippen LogP contribution in [0.1, 0.15) is 5.76 Å². The Balaban J connectivity index is 2.03. The monoisotopic (exact) mass is 196 g/mol. The Hall–Kier alpha value is -1.36. The molecule has 5 heteroatoms. The number of morpholine rings is 1. The van der Waals surface area contributed by atoms with Gasteiger partial charge in [-0.3, -0.25) is 0 Å². The van der Waals surface area contributed by atoms with Gasteiger partial charge in [0, 0.05) is 13.1 Å². The predicted octanol–water partition coefficient (Wildman–Crippen LogP) is 0.253. The summed E-state index contributed by atoms with van der Waals surface area (Å²) in [6.45, 7) is 2.98. The van der Waals surface area contributed by atoms with Gasteiger partial charge in [0.15, 0.2) is 0 Å². The Kier molecular flexibility index (Phi) is 2.78. The molecule has 1 aromatic rings. The minimum atomic E-state index is 0.289. The van der Waals surface area contributed by atoms with Crippen LogP contribution < -0.4 is 4.90 Å². The number of aldehydes is 1. The van der Waals surface area contributed by atoms with Crippen LogP contribution in [-0.4, -0.2) is 37.6 Å². The summed E-state index contributed by atoms with van der Waals surface area (Å²) in [4.78, 5) is 16.4. The molecule has 1 saturated heterocycles. The maximum Gasteiger partial charge on any atom is 0.297 e. The number of anilines is 1. The Morgan fingerprint density at radius 3 is 3.00 bits per heavy atom. The summed E-state index contributed by atoms with van der Waals surface area (Å²) in [6, 6.07) is 0.588. The van der Waals surface area contributed by atoms with E-state index in [0.717, 1.165) is 19.4 Å². The molecule has 76 valence electrons. The van der Waals surface area contributed by atoms with Gasteiger partial charge < -0.3 is 18.8 Å². The normalized spacial score (nSPS) is 17.0. The second-order valence-corrected chi connectivity index (χ2v) is 3.08. The van der Waals surface area contributed by atoms with Crippen LogP contribution in [0.25, 0.3) is 0 Å². The highest BCUT2D eigenvalue weighted by Gasteiger charge is 2.15. The molecule has 0 bridgehead atoms. The SMILES string of the molecule is O=CCc1cnc(N2CCOCC2)o1. The molecule has 0 radical (unpaired) electrons. The van der Waals surface area contributed by atoms with Gasteiger partial charge in [-0.05, 0) is 0 Å². The van der Waals surface area contributed by atoms with Crippen molar-refractivity contribution in [3.63, 3.8) is 0 Å². The van der Waals surface area contributed by atoms with Gasteiger partial charge in [0.1, 0.15) is 12.0 Å². The lowest BCUT2D eigenvalue weighted by Gasteiger charge is -2.24. The molecule has 5 nitrogen and oxygen atoms in total. The highest BCUT2D eigenvalue weighted by molar-refractivity contribution is 5.53. The van der Waals surface area contributed by atoms with E-state index in [4.69, 9.17) is 9.15 Å². The van der Waals surface area contributed by atoms with Gasteiger partial charge in [0.05, 0.1) is 25.8 Å². The first-order valence-electron chi connectivity index (χ1n) is 4.61. The molecule has 0 atom stereocenters. The Bertz CT molecular complexity index is 305. The third-order valence-corrected chi connectivity index (χ3v) is 2.11. The van der Waals surface area contributed by atoms with Crippen molar-refractivity contribution in [2.75, 3.05) is 31.2 Å². The molecule has 1 fully saturated rings. The fraction of sp³-hybridized carbons (Fsp3) is 0.556. The van der Waals surface area contributed by atoms with Crippen LogP contribution in [0.3, 0.4) is 0 Å². The fourth-order valence-electron chi connectivity index (χ4n) is 1.37. The second-order valence-electron chi connectivity index (χ2n) is 3.08. The summed E-state index contributed by atoms with van der Waals surface area (Å²) < 4.78 is 10.6. The predicted molar refractivity (Wildman–Crippen MR) is 49.3 cm³/mol. The highest BCUT2D eigenvalue weighted by Crippen LogP contribution is 2.15. The zero-order chi connectivity index (χ0) is 9.80. The molecular weight excluding hydrogens is 184 g/mol. The van der Waals surface area contributed by atoms with Crippen LogP contribution in [0, 0.1) is 0 Å². The molecule has 0 amide bonds. The number of hydrogen-bond donors (Lipinski definition) is 0. The molecule has 0 aromatic carbocycles. The van der Waals surface area contributed by atoms with E-state index in [2.05, 4.69) is 4.98 Å². The largest absolute Gasteiger partial charge is 0.428 e.